The van der Waals surface area contributed by atoms with Crippen LogP contribution in [0.5, 0.6) is 0 Å². The van der Waals surface area contributed by atoms with E-state index in [0.29, 0.717) is 23.7 Å². The quantitative estimate of drug-likeness (QED) is 0.892. The Morgan fingerprint density at radius 3 is 2.44 bits per heavy atom. The maximum absolute atomic E-state index is 13.1. The second-order valence-electron chi connectivity index (χ2n) is 6.69. The minimum Gasteiger partial charge on any atom is -0.366 e. The van der Waals surface area contributed by atoms with Crippen LogP contribution in [0.3, 0.4) is 0 Å². The maximum atomic E-state index is 13.1. The highest BCUT2D eigenvalue weighted by atomic mass is 19.4. The first kappa shape index (κ1) is 16.3. The summed E-state index contributed by atoms with van der Waals surface area (Å²) in [6, 6.07) is 6.41. The van der Waals surface area contributed by atoms with Crippen molar-refractivity contribution in [2.24, 2.45) is 11.8 Å². The Morgan fingerprint density at radius 2 is 1.80 bits per heavy atom. The molecule has 5 nitrogen and oxygen atoms in total. The molecule has 0 aromatic carbocycles. The van der Waals surface area contributed by atoms with E-state index in [2.05, 4.69) is 25.8 Å². The van der Waals surface area contributed by atoms with Crippen molar-refractivity contribution in [2.75, 3.05) is 18.4 Å². The molecule has 25 heavy (non-hydrogen) atoms. The van der Waals surface area contributed by atoms with Crippen LogP contribution >= 0.6 is 0 Å². The number of anilines is 1. The second-order valence-corrected chi connectivity index (χ2v) is 6.69. The third-order valence-corrected chi connectivity index (χ3v) is 5.02. The summed E-state index contributed by atoms with van der Waals surface area (Å²) in [5, 5.41) is 14.8. The molecule has 132 valence electrons. The number of nitrogens with one attached hydrogen (secondary N) is 2. The maximum Gasteiger partial charge on any atom is 0.434 e. The number of rotatable bonds is 3. The summed E-state index contributed by atoms with van der Waals surface area (Å²) in [6.07, 6.45) is -1.23. The lowest BCUT2D eigenvalue weighted by Crippen LogP contribution is -2.21. The Hall–Kier alpha value is -2.22. The molecular weight excluding hydrogens is 331 g/mol. The van der Waals surface area contributed by atoms with Crippen molar-refractivity contribution in [1.29, 1.82) is 0 Å². The Bertz CT molecular complexity index is 735. The molecule has 4 rings (SSSR count). The van der Waals surface area contributed by atoms with Crippen LogP contribution in [0, 0.1) is 11.8 Å². The van der Waals surface area contributed by atoms with Gasteiger partial charge in [0.05, 0.1) is 5.69 Å². The van der Waals surface area contributed by atoms with Crippen LogP contribution in [-0.2, 0) is 6.18 Å². The number of fused-ring (bicyclic) bond motifs is 1. The molecule has 2 aliphatic rings. The van der Waals surface area contributed by atoms with E-state index in [1.807, 2.05) is 0 Å². The molecule has 3 heterocycles. The van der Waals surface area contributed by atoms with Gasteiger partial charge in [0, 0.05) is 17.8 Å². The van der Waals surface area contributed by atoms with Crippen molar-refractivity contribution < 1.29 is 13.2 Å². The van der Waals surface area contributed by atoms with Crippen LogP contribution in [0.1, 0.15) is 18.5 Å². The van der Waals surface area contributed by atoms with Crippen LogP contribution in [0.2, 0.25) is 0 Å². The van der Waals surface area contributed by atoms with Gasteiger partial charge >= 0.3 is 6.18 Å². The van der Waals surface area contributed by atoms with Gasteiger partial charge in [-0.25, -0.2) is 0 Å². The zero-order valence-electron chi connectivity index (χ0n) is 13.4. The van der Waals surface area contributed by atoms with E-state index in [1.54, 1.807) is 12.1 Å². The van der Waals surface area contributed by atoms with Gasteiger partial charge in [-0.2, -0.15) is 13.2 Å². The Labute approximate surface area is 143 Å². The van der Waals surface area contributed by atoms with Crippen molar-refractivity contribution >= 4 is 5.82 Å². The minimum absolute atomic E-state index is 0.0597. The molecule has 1 aliphatic heterocycles. The third-order valence-electron chi connectivity index (χ3n) is 5.02. The molecule has 2 fully saturated rings. The number of nitrogens with zero attached hydrogens (tertiary/aromatic N) is 3. The van der Waals surface area contributed by atoms with E-state index in [1.165, 1.54) is 12.1 Å². The fraction of sp³-hybridized carbons (Fsp3) is 0.471. The standard InChI is InChI=1S/C17H18F3N5/c18-17(19,20)16-13(2-1-5-22-16)14-3-4-15(25-24-14)23-12-6-10-8-21-9-11(10)7-12/h1-5,10-12,21H,6-9H2,(H,23,25). The number of pyridine rings is 1. The fourth-order valence-electron chi connectivity index (χ4n) is 3.88. The largest absolute Gasteiger partial charge is 0.434 e. The van der Waals surface area contributed by atoms with Crippen molar-refractivity contribution in [3.63, 3.8) is 0 Å². The van der Waals surface area contributed by atoms with Crippen molar-refractivity contribution in [3.05, 3.63) is 36.2 Å². The summed E-state index contributed by atoms with van der Waals surface area (Å²) in [5.41, 5.74) is -0.838. The second kappa shape index (κ2) is 6.25. The van der Waals surface area contributed by atoms with E-state index >= 15 is 0 Å². The molecular formula is C17H18F3N5. The Morgan fingerprint density at radius 1 is 1.04 bits per heavy atom. The van der Waals surface area contributed by atoms with Crippen molar-refractivity contribution in [1.82, 2.24) is 20.5 Å². The first-order valence-corrected chi connectivity index (χ1v) is 8.34. The smallest absolute Gasteiger partial charge is 0.366 e. The number of halogens is 3. The lowest BCUT2D eigenvalue weighted by atomic mass is 10.0. The molecule has 2 aromatic rings. The third kappa shape index (κ3) is 3.30. The summed E-state index contributed by atoms with van der Waals surface area (Å²) in [4.78, 5) is 3.45. The van der Waals surface area contributed by atoms with Gasteiger partial charge in [-0.15, -0.1) is 10.2 Å². The first-order valence-electron chi connectivity index (χ1n) is 8.34. The molecule has 2 unspecified atom stereocenters. The predicted octanol–water partition coefficient (Wildman–Crippen LogP) is 2.97. The Balaban J connectivity index is 1.50. The van der Waals surface area contributed by atoms with E-state index in [0.717, 1.165) is 32.1 Å². The highest BCUT2D eigenvalue weighted by Gasteiger charge is 2.37. The molecule has 2 aromatic heterocycles. The zero-order chi connectivity index (χ0) is 17.4. The predicted molar refractivity (Wildman–Crippen MR) is 86.8 cm³/mol. The highest BCUT2D eigenvalue weighted by Crippen LogP contribution is 2.36. The number of alkyl halides is 3. The minimum atomic E-state index is -4.52. The number of aromatic nitrogens is 3. The van der Waals surface area contributed by atoms with E-state index in [4.69, 9.17) is 0 Å². The molecule has 0 bridgehead atoms. The molecule has 0 radical (unpaired) electrons. The monoisotopic (exact) mass is 349 g/mol. The summed E-state index contributed by atoms with van der Waals surface area (Å²) < 4.78 is 39.2. The van der Waals surface area contributed by atoms with Gasteiger partial charge in [0.1, 0.15) is 5.82 Å². The van der Waals surface area contributed by atoms with Gasteiger partial charge in [0.15, 0.2) is 5.69 Å². The number of hydrogen-bond donors (Lipinski definition) is 2. The van der Waals surface area contributed by atoms with E-state index in [9.17, 15) is 13.2 Å². The Kier molecular flexibility index (Phi) is 4.07. The van der Waals surface area contributed by atoms with E-state index in [-0.39, 0.29) is 11.3 Å². The molecule has 1 saturated heterocycles. The van der Waals surface area contributed by atoms with Gasteiger partial charge in [-0.1, -0.05) is 0 Å². The lowest BCUT2D eigenvalue weighted by Gasteiger charge is -2.15. The zero-order valence-corrected chi connectivity index (χ0v) is 13.4. The van der Waals surface area contributed by atoms with Crippen LogP contribution in [0.15, 0.2) is 30.5 Å². The van der Waals surface area contributed by atoms with Crippen LogP contribution in [-0.4, -0.2) is 34.3 Å². The fourth-order valence-corrected chi connectivity index (χ4v) is 3.88. The lowest BCUT2D eigenvalue weighted by molar-refractivity contribution is -0.140. The highest BCUT2D eigenvalue weighted by molar-refractivity contribution is 5.62. The molecule has 8 heteroatoms. The average molecular weight is 349 g/mol. The SMILES string of the molecule is FC(F)(F)c1ncccc1-c1ccc(NC2CC3CNCC3C2)nn1. The van der Waals surface area contributed by atoms with E-state index < -0.39 is 11.9 Å². The van der Waals surface area contributed by atoms with Gasteiger partial charge in [-0.3, -0.25) is 4.98 Å². The van der Waals surface area contributed by atoms with Crippen molar-refractivity contribution in [2.45, 2.75) is 25.1 Å². The topological polar surface area (TPSA) is 62.7 Å². The van der Waals surface area contributed by atoms with Crippen LogP contribution in [0.25, 0.3) is 11.3 Å². The molecule has 1 aliphatic carbocycles. The molecule has 1 saturated carbocycles. The average Bonchev–Trinajstić information content (AvgIpc) is 3.16. The molecule has 2 N–H and O–H groups in total. The summed E-state index contributed by atoms with van der Waals surface area (Å²) >= 11 is 0. The first-order chi connectivity index (χ1) is 12.0. The summed E-state index contributed by atoms with van der Waals surface area (Å²) in [7, 11) is 0. The molecule has 0 spiro atoms. The van der Waals surface area contributed by atoms with Crippen LogP contribution in [0.4, 0.5) is 19.0 Å². The summed E-state index contributed by atoms with van der Waals surface area (Å²) in [5.74, 6) is 2.00. The van der Waals surface area contributed by atoms with Gasteiger partial charge in [-0.05, 0) is 62.0 Å². The summed E-state index contributed by atoms with van der Waals surface area (Å²) in [6.45, 7) is 2.13. The van der Waals surface area contributed by atoms with Gasteiger partial charge in [0.25, 0.3) is 0 Å². The number of hydrogen-bond acceptors (Lipinski definition) is 5. The van der Waals surface area contributed by atoms with Crippen molar-refractivity contribution in [3.8, 4) is 11.3 Å². The van der Waals surface area contributed by atoms with Gasteiger partial charge < -0.3 is 10.6 Å². The molecule has 2 atom stereocenters. The van der Waals surface area contributed by atoms with Crippen LogP contribution < -0.4 is 10.6 Å². The van der Waals surface area contributed by atoms with Gasteiger partial charge in [0.2, 0.25) is 0 Å². The normalized spacial score (nSPS) is 25.8. The molecule has 0 amide bonds.